The predicted molar refractivity (Wildman–Crippen MR) is 85.6 cm³/mol. The molecule has 0 unspecified atom stereocenters. The Morgan fingerprint density at radius 1 is 1.41 bits per heavy atom. The largest absolute Gasteiger partial charge is 0.359 e. The molecule has 0 bridgehead atoms. The predicted octanol–water partition coefficient (Wildman–Crippen LogP) is 1.75. The van der Waals surface area contributed by atoms with Gasteiger partial charge in [-0.05, 0) is 18.9 Å². The summed E-state index contributed by atoms with van der Waals surface area (Å²) in [4.78, 5) is 4.51. The van der Waals surface area contributed by atoms with Crippen molar-refractivity contribution in [2.75, 3.05) is 13.1 Å². The van der Waals surface area contributed by atoms with Crippen LogP contribution in [0.5, 0.6) is 0 Å². The molecule has 0 radical (unpaired) electrons. The second kappa shape index (κ2) is 8.21. The van der Waals surface area contributed by atoms with E-state index >= 15 is 0 Å². The molecule has 22 heavy (non-hydrogen) atoms. The molecule has 0 saturated heterocycles. The SMILES string of the molecule is CCNC(=NCc1cc(C(C)C)no1)NCCn1cccn1. The monoisotopic (exact) mass is 304 g/mol. The lowest BCUT2D eigenvalue weighted by molar-refractivity contribution is 0.376. The molecule has 7 heteroatoms. The molecule has 120 valence electrons. The zero-order valence-electron chi connectivity index (χ0n) is 13.4. The van der Waals surface area contributed by atoms with E-state index in [-0.39, 0.29) is 0 Å². The smallest absolute Gasteiger partial charge is 0.191 e. The van der Waals surface area contributed by atoms with E-state index in [1.807, 2.05) is 29.9 Å². The molecule has 0 amide bonds. The second-order valence-corrected chi connectivity index (χ2v) is 5.26. The van der Waals surface area contributed by atoms with Gasteiger partial charge in [-0.25, -0.2) is 4.99 Å². The lowest BCUT2D eigenvalue weighted by Crippen LogP contribution is -2.38. The van der Waals surface area contributed by atoms with Gasteiger partial charge in [-0.15, -0.1) is 0 Å². The van der Waals surface area contributed by atoms with Gasteiger partial charge in [0.2, 0.25) is 0 Å². The van der Waals surface area contributed by atoms with Crippen molar-refractivity contribution < 1.29 is 4.52 Å². The van der Waals surface area contributed by atoms with E-state index in [1.165, 1.54) is 0 Å². The van der Waals surface area contributed by atoms with Gasteiger partial charge in [0.15, 0.2) is 11.7 Å². The van der Waals surface area contributed by atoms with Crippen molar-refractivity contribution in [3.8, 4) is 0 Å². The fraction of sp³-hybridized carbons (Fsp3) is 0.533. The van der Waals surface area contributed by atoms with E-state index in [9.17, 15) is 0 Å². The maximum Gasteiger partial charge on any atom is 0.191 e. The Labute approximate surface area is 130 Å². The van der Waals surface area contributed by atoms with Gasteiger partial charge in [-0.3, -0.25) is 4.68 Å². The van der Waals surface area contributed by atoms with Crippen LogP contribution < -0.4 is 10.6 Å². The summed E-state index contributed by atoms with van der Waals surface area (Å²) in [5.41, 5.74) is 0.960. The van der Waals surface area contributed by atoms with Crippen molar-refractivity contribution in [1.82, 2.24) is 25.6 Å². The van der Waals surface area contributed by atoms with Crippen molar-refractivity contribution in [1.29, 1.82) is 0 Å². The summed E-state index contributed by atoms with van der Waals surface area (Å²) in [5.74, 6) is 1.90. The molecule has 0 aliphatic rings. The summed E-state index contributed by atoms with van der Waals surface area (Å²) < 4.78 is 7.17. The third-order valence-corrected chi connectivity index (χ3v) is 3.10. The first kappa shape index (κ1) is 16.1. The third-order valence-electron chi connectivity index (χ3n) is 3.10. The number of nitrogens with zero attached hydrogens (tertiary/aromatic N) is 4. The average molecular weight is 304 g/mol. The lowest BCUT2D eigenvalue weighted by atomic mass is 10.1. The lowest BCUT2D eigenvalue weighted by Gasteiger charge is -2.10. The highest BCUT2D eigenvalue weighted by atomic mass is 16.5. The van der Waals surface area contributed by atoms with Crippen LogP contribution in [0.4, 0.5) is 0 Å². The van der Waals surface area contributed by atoms with Gasteiger partial charge in [0.1, 0.15) is 6.54 Å². The standard InChI is InChI=1S/C15H24N6O/c1-4-16-15(17-7-9-21-8-5-6-19-21)18-11-13-10-14(12(2)3)20-22-13/h5-6,8,10,12H,4,7,9,11H2,1-3H3,(H2,16,17,18). The summed E-state index contributed by atoms with van der Waals surface area (Å²) in [6.45, 7) is 9.03. The highest BCUT2D eigenvalue weighted by Crippen LogP contribution is 2.14. The molecule has 0 aliphatic heterocycles. The fourth-order valence-corrected chi connectivity index (χ4v) is 1.90. The molecular formula is C15H24N6O. The highest BCUT2D eigenvalue weighted by molar-refractivity contribution is 5.79. The van der Waals surface area contributed by atoms with Crippen LogP contribution >= 0.6 is 0 Å². The minimum absolute atomic E-state index is 0.363. The van der Waals surface area contributed by atoms with Crippen LogP contribution in [0.15, 0.2) is 34.0 Å². The van der Waals surface area contributed by atoms with Crippen LogP contribution in [0, 0.1) is 0 Å². The normalized spacial score (nSPS) is 11.9. The van der Waals surface area contributed by atoms with Gasteiger partial charge in [0.25, 0.3) is 0 Å². The molecule has 0 fully saturated rings. The van der Waals surface area contributed by atoms with Gasteiger partial charge in [0, 0.05) is 31.5 Å². The van der Waals surface area contributed by atoms with Gasteiger partial charge in [0.05, 0.1) is 12.2 Å². The van der Waals surface area contributed by atoms with Crippen molar-refractivity contribution in [2.45, 2.75) is 39.8 Å². The van der Waals surface area contributed by atoms with Gasteiger partial charge in [-0.2, -0.15) is 5.10 Å². The quantitative estimate of drug-likeness (QED) is 0.602. The summed E-state index contributed by atoms with van der Waals surface area (Å²) in [6, 6.07) is 3.87. The molecule has 2 N–H and O–H groups in total. The van der Waals surface area contributed by atoms with Crippen LogP contribution in [0.25, 0.3) is 0 Å². The maximum absolute atomic E-state index is 5.29. The Balaban J connectivity index is 1.85. The van der Waals surface area contributed by atoms with Crippen molar-refractivity contribution >= 4 is 5.96 Å². The van der Waals surface area contributed by atoms with Crippen LogP contribution in [-0.4, -0.2) is 34.0 Å². The van der Waals surface area contributed by atoms with E-state index < -0.39 is 0 Å². The number of hydrogen-bond acceptors (Lipinski definition) is 4. The topological polar surface area (TPSA) is 80.3 Å². The summed E-state index contributed by atoms with van der Waals surface area (Å²) >= 11 is 0. The number of aliphatic imine (C=N–C) groups is 1. The summed E-state index contributed by atoms with van der Waals surface area (Å²) in [5, 5.41) is 14.7. The van der Waals surface area contributed by atoms with Crippen LogP contribution in [0.3, 0.4) is 0 Å². The molecule has 2 aromatic rings. The zero-order valence-corrected chi connectivity index (χ0v) is 13.4. The van der Waals surface area contributed by atoms with Crippen LogP contribution in [-0.2, 0) is 13.1 Å². The minimum Gasteiger partial charge on any atom is -0.359 e. The first-order valence-corrected chi connectivity index (χ1v) is 7.64. The summed E-state index contributed by atoms with van der Waals surface area (Å²) in [6.07, 6.45) is 3.71. The Bertz CT molecular complexity index is 573. The molecule has 0 aliphatic carbocycles. The third kappa shape index (κ3) is 4.91. The molecule has 0 saturated carbocycles. The van der Waals surface area contributed by atoms with E-state index in [2.05, 4.69) is 39.7 Å². The van der Waals surface area contributed by atoms with E-state index in [4.69, 9.17) is 4.52 Å². The molecule has 2 heterocycles. The number of guanidine groups is 1. The minimum atomic E-state index is 0.363. The maximum atomic E-state index is 5.29. The zero-order chi connectivity index (χ0) is 15.8. The molecule has 0 aromatic carbocycles. The Hall–Kier alpha value is -2.31. The Morgan fingerprint density at radius 2 is 2.27 bits per heavy atom. The summed E-state index contributed by atoms with van der Waals surface area (Å²) in [7, 11) is 0. The van der Waals surface area contributed by atoms with Gasteiger partial charge < -0.3 is 15.2 Å². The molecule has 7 nitrogen and oxygen atoms in total. The van der Waals surface area contributed by atoms with Crippen molar-refractivity contribution in [3.63, 3.8) is 0 Å². The Kier molecular flexibility index (Phi) is 6.00. The number of aromatic nitrogens is 3. The average Bonchev–Trinajstić information content (AvgIpc) is 3.16. The van der Waals surface area contributed by atoms with E-state index in [0.717, 1.165) is 37.0 Å². The molecule has 2 rings (SSSR count). The van der Waals surface area contributed by atoms with E-state index in [0.29, 0.717) is 12.5 Å². The van der Waals surface area contributed by atoms with E-state index in [1.54, 1.807) is 6.20 Å². The number of hydrogen-bond donors (Lipinski definition) is 2. The van der Waals surface area contributed by atoms with Gasteiger partial charge in [-0.1, -0.05) is 19.0 Å². The number of rotatable bonds is 7. The molecular weight excluding hydrogens is 280 g/mol. The highest BCUT2D eigenvalue weighted by Gasteiger charge is 2.07. The van der Waals surface area contributed by atoms with Crippen LogP contribution in [0.2, 0.25) is 0 Å². The van der Waals surface area contributed by atoms with Crippen LogP contribution in [0.1, 0.15) is 38.1 Å². The second-order valence-electron chi connectivity index (χ2n) is 5.26. The first-order chi connectivity index (χ1) is 10.7. The molecule has 0 atom stereocenters. The number of nitrogens with one attached hydrogen (secondary N) is 2. The fourth-order valence-electron chi connectivity index (χ4n) is 1.90. The molecule has 2 aromatic heterocycles. The Morgan fingerprint density at radius 3 is 2.91 bits per heavy atom. The van der Waals surface area contributed by atoms with Crippen molar-refractivity contribution in [2.24, 2.45) is 4.99 Å². The van der Waals surface area contributed by atoms with Crippen molar-refractivity contribution in [3.05, 3.63) is 36.0 Å². The van der Waals surface area contributed by atoms with Gasteiger partial charge >= 0.3 is 0 Å². The first-order valence-electron chi connectivity index (χ1n) is 7.64. The molecule has 0 spiro atoms.